The highest BCUT2D eigenvalue weighted by atomic mass is 16.6. The van der Waals surface area contributed by atoms with E-state index in [4.69, 9.17) is 4.74 Å². The van der Waals surface area contributed by atoms with Crippen LogP contribution in [0.3, 0.4) is 0 Å². The minimum Gasteiger partial charge on any atom is -0.459 e. The second-order valence-electron chi connectivity index (χ2n) is 5.81. The van der Waals surface area contributed by atoms with E-state index in [1.54, 1.807) is 13.1 Å². The van der Waals surface area contributed by atoms with Crippen molar-refractivity contribution in [3.63, 3.8) is 0 Å². The zero-order valence-corrected chi connectivity index (χ0v) is 14.5. The first kappa shape index (κ1) is 18.0. The summed E-state index contributed by atoms with van der Waals surface area (Å²) >= 11 is 0. The van der Waals surface area contributed by atoms with E-state index in [1.165, 1.54) is 36.1 Å². The van der Waals surface area contributed by atoms with Crippen molar-refractivity contribution in [3.05, 3.63) is 67.1 Å². The van der Waals surface area contributed by atoms with Gasteiger partial charge in [-0.05, 0) is 6.07 Å². The lowest BCUT2D eigenvalue weighted by Gasteiger charge is -2.09. The lowest BCUT2D eigenvalue weighted by atomic mass is 10.2. The molecule has 2 heterocycles. The van der Waals surface area contributed by atoms with Crippen LogP contribution in [0.25, 0.3) is 11.2 Å². The molecule has 0 amide bonds. The molecular weight excluding hydrogens is 358 g/mol. The molecule has 0 N–H and O–H groups in total. The molecule has 2 aromatic heterocycles. The van der Waals surface area contributed by atoms with Crippen molar-refractivity contribution in [2.75, 3.05) is 0 Å². The largest absolute Gasteiger partial charge is 0.459 e. The number of para-hydroxylation sites is 1. The quantitative estimate of drug-likeness (QED) is 0.352. The van der Waals surface area contributed by atoms with Gasteiger partial charge in [0.15, 0.2) is 11.2 Å². The van der Waals surface area contributed by atoms with Crippen LogP contribution in [0.1, 0.15) is 5.56 Å². The van der Waals surface area contributed by atoms with E-state index >= 15 is 0 Å². The number of aromatic nitrogens is 4. The van der Waals surface area contributed by atoms with Crippen molar-refractivity contribution in [2.24, 2.45) is 14.1 Å². The van der Waals surface area contributed by atoms with Crippen molar-refractivity contribution in [2.45, 2.75) is 13.2 Å². The first-order valence-corrected chi connectivity index (χ1v) is 7.80. The predicted molar refractivity (Wildman–Crippen MR) is 93.1 cm³/mol. The van der Waals surface area contributed by atoms with E-state index in [9.17, 15) is 24.5 Å². The minimum absolute atomic E-state index is 0.170. The number of aryl methyl sites for hydroxylation is 2. The topological polar surface area (TPSA) is 131 Å². The minimum atomic E-state index is -0.867. The van der Waals surface area contributed by atoms with E-state index in [1.807, 2.05) is 0 Å². The normalized spacial score (nSPS) is 10.9. The molecule has 0 radical (unpaired) electrons. The maximum Gasteiger partial charge on any atom is 0.333 e. The van der Waals surface area contributed by atoms with Crippen LogP contribution in [-0.2, 0) is 36.8 Å². The molecule has 0 atom stereocenters. The summed E-state index contributed by atoms with van der Waals surface area (Å²) < 4.78 is 8.37. The van der Waals surface area contributed by atoms with Crippen molar-refractivity contribution < 1.29 is 14.5 Å². The van der Waals surface area contributed by atoms with Gasteiger partial charge in [-0.25, -0.2) is 14.3 Å². The number of nitrogens with zero attached hydrogens (tertiary/aromatic N) is 5. The average Bonchev–Trinajstić information content (AvgIpc) is 3.03. The van der Waals surface area contributed by atoms with E-state index in [0.717, 1.165) is 9.13 Å². The van der Waals surface area contributed by atoms with Gasteiger partial charge in [0.1, 0.15) is 13.2 Å². The summed E-state index contributed by atoms with van der Waals surface area (Å²) in [7, 11) is 3.03. The number of benzene rings is 1. The number of imidazole rings is 1. The molecule has 0 bridgehead atoms. The number of nitro benzene ring substituents is 1. The summed E-state index contributed by atoms with van der Waals surface area (Å²) in [5.74, 6) is -0.867. The molecule has 3 rings (SSSR count). The van der Waals surface area contributed by atoms with E-state index in [0.29, 0.717) is 0 Å². The number of nitro groups is 1. The number of fused-ring (bicyclic) bond motifs is 1. The molecule has 11 heteroatoms. The Morgan fingerprint density at radius 1 is 1.26 bits per heavy atom. The van der Waals surface area contributed by atoms with Crippen LogP contribution in [0, 0.1) is 10.1 Å². The summed E-state index contributed by atoms with van der Waals surface area (Å²) in [5.41, 5.74) is -0.988. The third-order valence-electron chi connectivity index (χ3n) is 4.07. The van der Waals surface area contributed by atoms with Gasteiger partial charge in [-0.1, -0.05) is 12.1 Å². The molecule has 0 aliphatic carbocycles. The molecule has 0 unspecified atom stereocenters. The predicted octanol–water partition coefficient (Wildman–Crippen LogP) is 0.0853. The lowest BCUT2D eigenvalue weighted by molar-refractivity contribution is -0.385. The summed E-state index contributed by atoms with van der Waals surface area (Å²) in [6.07, 6.45) is 1.39. The Hall–Kier alpha value is -3.76. The number of hydrogen-bond donors (Lipinski definition) is 0. The van der Waals surface area contributed by atoms with E-state index < -0.39 is 28.7 Å². The first-order chi connectivity index (χ1) is 12.8. The number of esters is 1. The molecule has 0 fully saturated rings. The Morgan fingerprint density at radius 3 is 2.67 bits per heavy atom. The first-order valence-electron chi connectivity index (χ1n) is 7.80. The number of rotatable bonds is 5. The Balaban J connectivity index is 1.85. The molecule has 11 nitrogen and oxygen atoms in total. The lowest BCUT2D eigenvalue weighted by Crippen LogP contribution is -2.41. The highest BCUT2D eigenvalue weighted by Crippen LogP contribution is 2.18. The van der Waals surface area contributed by atoms with E-state index in [2.05, 4.69) is 4.98 Å². The molecule has 0 saturated heterocycles. The molecule has 3 aromatic rings. The average molecular weight is 373 g/mol. The zero-order valence-electron chi connectivity index (χ0n) is 14.5. The summed E-state index contributed by atoms with van der Waals surface area (Å²) in [6.45, 7) is -0.966. The Labute approximate surface area is 151 Å². The summed E-state index contributed by atoms with van der Waals surface area (Å²) in [4.78, 5) is 51.4. The standard InChI is InChI=1S/C16H15N5O6/c1-18-9-17-14-13(18)15(23)20(16(24)19(14)2)7-12(22)27-8-10-5-3-4-6-11(10)21(25)26/h3-6,9H,7-8H2,1-2H3. The molecule has 0 aliphatic heterocycles. The van der Waals surface area contributed by atoms with Crippen molar-refractivity contribution in [1.29, 1.82) is 0 Å². The molecule has 0 aliphatic rings. The Morgan fingerprint density at radius 2 is 1.96 bits per heavy atom. The Bertz CT molecular complexity index is 1170. The van der Waals surface area contributed by atoms with Crippen LogP contribution in [-0.4, -0.2) is 29.6 Å². The number of hydrogen-bond acceptors (Lipinski definition) is 7. The van der Waals surface area contributed by atoms with Crippen molar-refractivity contribution >= 4 is 22.8 Å². The van der Waals surface area contributed by atoms with Gasteiger partial charge in [0, 0.05) is 20.2 Å². The number of carbonyl (C=O) groups is 1. The second kappa shape index (κ2) is 6.86. The van der Waals surface area contributed by atoms with Crippen LogP contribution in [0.15, 0.2) is 40.2 Å². The number of ether oxygens (including phenoxy) is 1. The van der Waals surface area contributed by atoms with Crippen LogP contribution < -0.4 is 11.2 Å². The van der Waals surface area contributed by atoms with Crippen LogP contribution in [0.2, 0.25) is 0 Å². The van der Waals surface area contributed by atoms with Crippen LogP contribution in [0.4, 0.5) is 5.69 Å². The zero-order chi connectivity index (χ0) is 19.7. The molecule has 0 saturated carbocycles. The fourth-order valence-electron chi connectivity index (χ4n) is 2.68. The maximum absolute atomic E-state index is 12.5. The van der Waals surface area contributed by atoms with Crippen molar-refractivity contribution in [1.82, 2.24) is 18.7 Å². The van der Waals surface area contributed by atoms with Gasteiger partial charge in [-0.15, -0.1) is 0 Å². The number of carbonyl (C=O) groups excluding carboxylic acids is 1. The van der Waals surface area contributed by atoms with Crippen LogP contribution in [0.5, 0.6) is 0 Å². The maximum atomic E-state index is 12.5. The second-order valence-corrected chi connectivity index (χ2v) is 5.81. The van der Waals surface area contributed by atoms with Gasteiger partial charge >= 0.3 is 11.7 Å². The van der Waals surface area contributed by atoms with Gasteiger partial charge in [0.05, 0.1) is 16.8 Å². The molecule has 140 valence electrons. The highest BCUT2D eigenvalue weighted by molar-refractivity contribution is 5.72. The van der Waals surface area contributed by atoms with Gasteiger partial charge in [-0.2, -0.15) is 0 Å². The van der Waals surface area contributed by atoms with Gasteiger partial charge in [0.2, 0.25) is 0 Å². The van der Waals surface area contributed by atoms with Gasteiger partial charge in [0.25, 0.3) is 11.2 Å². The third-order valence-corrected chi connectivity index (χ3v) is 4.07. The van der Waals surface area contributed by atoms with Gasteiger partial charge in [-0.3, -0.25) is 24.3 Å². The molecule has 1 aromatic carbocycles. The molecule has 27 heavy (non-hydrogen) atoms. The fourth-order valence-corrected chi connectivity index (χ4v) is 2.68. The molecule has 0 spiro atoms. The fraction of sp³-hybridized carbons (Fsp3) is 0.250. The van der Waals surface area contributed by atoms with Crippen molar-refractivity contribution in [3.8, 4) is 0 Å². The summed E-state index contributed by atoms with van der Waals surface area (Å²) in [5, 5.41) is 11.0. The van der Waals surface area contributed by atoms with Gasteiger partial charge < -0.3 is 9.30 Å². The highest BCUT2D eigenvalue weighted by Gasteiger charge is 2.19. The Kier molecular flexibility index (Phi) is 4.59. The SMILES string of the molecule is Cn1cnc2c1c(=O)n(CC(=O)OCc1ccccc1[N+](=O)[O-])c(=O)n2C. The molecular formula is C16H15N5O6. The monoisotopic (exact) mass is 373 g/mol. The summed E-state index contributed by atoms with van der Waals surface area (Å²) in [6, 6.07) is 5.82. The van der Waals surface area contributed by atoms with E-state index in [-0.39, 0.29) is 29.0 Å². The smallest absolute Gasteiger partial charge is 0.333 e. The van der Waals surface area contributed by atoms with Crippen LogP contribution >= 0.6 is 0 Å². The third kappa shape index (κ3) is 3.21.